The maximum Gasteiger partial charge on any atom is 0.255 e. The Balaban J connectivity index is 1.68. The molecule has 4 aliphatic rings. The van der Waals surface area contributed by atoms with Crippen molar-refractivity contribution >= 4 is 23.2 Å². The van der Waals surface area contributed by atoms with Crippen LogP contribution in [0.15, 0.2) is 34.8 Å². The Morgan fingerprint density at radius 2 is 1.70 bits per heavy atom. The Morgan fingerprint density at radius 3 is 2.27 bits per heavy atom. The van der Waals surface area contributed by atoms with Crippen LogP contribution < -0.4 is 10.6 Å². The zero-order chi connectivity index (χ0) is 32.4. The number of ketones is 2. The Labute approximate surface area is 257 Å². The molecule has 5 rings (SSSR count). The van der Waals surface area contributed by atoms with E-state index >= 15 is 0 Å². The van der Waals surface area contributed by atoms with Crippen molar-refractivity contribution < 1.29 is 39.9 Å². The molecule has 0 spiro atoms. The molecular weight excluding hydrogens is 566 g/mol. The van der Waals surface area contributed by atoms with Gasteiger partial charge < -0.3 is 36.2 Å². The zero-order valence-corrected chi connectivity index (χ0v) is 26.1. The number of rotatable bonds is 7. The highest BCUT2D eigenvalue weighted by atomic mass is 16.4. The molecule has 0 aromatic heterocycles. The molecule has 240 valence electrons. The van der Waals surface area contributed by atoms with Crippen LogP contribution in [0.5, 0.6) is 5.75 Å². The van der Waals surface area contributed by atoms with E-state index in [9.17, 15) is 39.9 Å². The van der Waals surface area contributed by atoms with E-state index in [4.69, 9.17) is 5.73 Å². The molecule has 1 saturated carbocycles. The summed E-state index contributed by atoms with van der Waals surface area (Å²) in [5.41, 5.74) is 2.11. The van der Waals surface area contributed by atoms with E-state index in [-0.39, 0.29) is 17.4 Å². The topological polar surface area (TPSA) is 185 Å². The zero-order valence-electron chi connectivity index (χ0n) is 26.1. The molecule has 1 aromatic rings. The minimum absolute atomic E-state index is 0.0475. The average Bonchev–Trinajstić information content (AvgIpc) is 2.96. The second kappa shape index (κ2) is 11.5. The van der Waals surface area contributed by atoms with Crippen molar-refractivity contribution in [1.82, 2.24) is 4.90 Å². The van der Waals surface area contributed by atoms with Gasteiger partial charge in [0.05, 0.1) is 29.3 Å². The van der Waals surface area contributed by atoms with Crippen molar-refractivity contribution in [2.75, 3.05) is 25.5 Å². The van der Waals surface area contributed by atoms with Crippen LogP contribution in [0.25, 0.3) is 0 Å². The molecule has 0 radical (unpaired) electrons. The van der Waals surface area contributed by atoms with Gasteiger partial charge in [0.25, 0.3) is 5.91 Å². The number of aliphatic hydroxyl groups excluding tert-OH is 3. The van der Waals surface area contributed by atoms with Crippen LogP contribution in [0.3, 0.4) is 0 Å². The SMILES string of the molecule is CCCCN(c1ccc2c(c1O)C(=O)C1=C(O)C3(O)C(=O)C(C(N)=O)=C(O)C(N(C)C)C3C(O)C1C2C)C1CCC(C)CC1. The highest BCUT2D eigenvalue weighted by Crippen LogP contribution is 2.56. The summed E-state index contributed by atoms with van der Waals surface area (Å²) in [4.78, 5) is 43.8. The highest BCUT2D eigenvalue weighted by molar-refractivity contribution is 6.25. The lowest BCUT2D eigenvalue weighted by molar-refractivity contribution is -0.162. The first-order chi connectivity index (χ1) is 20.7. The van der Waals surface area contributed by atoms with Gasteiger partial charge in [-0.3, -0.25) is 19.3 Å². The Morgan fingerprint density at radius 1 is 1.07 bits per heavy atom. The Bertz CT molecular complexity index is 1440. The quantitative estimate of drug-likeness (QED) is 0.251. The van der Waals surface area contributed by atoms with Crippen molar-refractivity contribution in [2.24, 2.45) is 23.5 Å². The van der Waals surface area contributed by atoms with Crippen molar-refractivity contribution in [3.8, 4) is 5.75 Å². The lowest BCUT2D eigenvalue weighted by atomic mass is 9.55. The number of likely N-dealkylation sites (N-methyl/N-ethyl adjacent to an activating group) is 1. The molecule has 1 amide bonds. The van der Waals surface area contributed by atoms with Crippen molar-refractivity contribution in [3.05, 3.63) is 45.9 Å². The van der Waals surface area contributed by atoms with Crippen LogP contribution in [0.1, 0.15) is 81.1 Å². The molecule has 0 bridgehead atoms. The number of amides is 1. The van der Waals surface area contributed by atoms with Gasteiger partial charge in [0, 0.05) is 24.1 Å². The minimum Gasteiger partial charge on any atom is -0.510 e. The molecule has 1 aromatic carbocycles. The van der Waals surface area contributed by atoms with E-state index in [0.29, 0.717) is 23.7 Å². The monoisotopic (exact) mass is 611 g/mol. The summed E-state index contributed by atoms with van der Waals surface area (Å²) < 4.78 is 0. The number of aliphatic hydroxyl groups is 4. The first-order valence-corrected chi connectivity index (χ1v) is 15.6. The summed E-state index contributed by atoms with van der Waals surface area (Å²) in [6, 6.07) is 2.48. The normalized spacial score (nSPS) is 33.7. The number of phenolic OH excluding ortho intramolecular Hbond substituents is 1. The molecule has 0 aliphatic heterocycles. The third-order valence-electron chi connectivity index (χ3n) is 10.6. The second-order valence-electron chi connectivity index (χ2n) is 13.4. The largest absolute Gasteiger partial charge is 0.510 e. The Kier molecular flexibility index (Phi) is 8.37. The van der Waals surface area contributed by atoms with Gasteiger partial charge in [-0.05, 0) is 69.7 Å². The second-order valence-corrected chi connectivity index (χ2v) is 13.4. The number of hydrogen-bond donors (Lipinski definition) is 6. The summed E-state index contributed by atoms with van der Waals surface area (Å²) in [7, 11) is 3.03. The van der Waals surface area contributed by atoms with E-state index < -0.39 is 75.6 Å². The number of phenols is 1. The van der Waals surface area contributed by atoms with E-state index in [0.717, 1.165) is 38.5 Å². The number of nitrogens with two attached hydrogens (primary N) is 1. The Hall–Kier alpha value is -3.41. The van der Waals surface area contributed by atoms with E-state index in [1.807, 2.05) is 6.07 Å². The summed E-state index contributed by atoms with van der Waals surface area (Å²) in [5.74, 6) is -8.13. The van der Waals surface area contributed by atoms with Crippen LogP contribution in [0.2, 0.25) is 0 Å². The third kappa shape index (κ3) is 4.54. The fourth-order valence-electron chi connectivity index (χ4n) is 8.23. The number of Topliss-reactive ketones (excluding diaryl/α,β-unsaturated/α-hetero) is 2. The summed E-state index contributed by atoms with van der Waals surface area (Å²) in [6.07, 6.45) is 4.26. The summed E-state index contributed by atoms with van der Waals surface area (Å²) in [5, 5.41) is 58.1. The van der Waals surface area contributed by atoms with E-state index in [2.05, 4.69) is 18.7 Å². The average molecular weight is 612 g/mol. The molecule has 6 atom stereocenters. The number of aromatic hydroxyl groups is 1. The lowest BCUT2D eigenvalue weighted by Gasteiger charge is -2.53. The summed E-state index contributed by atoms with van der Waals surface area (Å²) in [6.45, 7) is 6.76. The van der Waals surface area contributed by atoms with Crippen molar-refractivity contribution in [2.45, 2.75) is 89.0 Å². The van der Waals surface area contributed by atoms with Gasteiger partial charge in [-0.15, -0.1) is 0 Å². The molecule has 11 heteroatoms. The molecular formula is C33H45N3O8. The van der Waals surface area contributed by atoms with Gasteiger partial charge >= 0.3 is 0 Å². The number of primary amides is 1. The first-order valence-electron chi connectivity index (χ1n) is 15.6. The fraction of sp³-hybridized carbons (Fsp3) is 0.606. The maximum absolute atomic E-state index is 14.3. The standard InChI is InChI=1S/C33H45N3O8/c1-6-7-14-36(17-10-8-15(2)9-11-17)19-13-12-18-16(3)20-22(27(38)21(18)26(19)37)30(41)33(44)24(28(20)39)25(35(4)5)29(40)23(31(33)42)32(34)43/h12-13,15-17,20,24-25,28,37,39-41,44H,6-11,14H2,1-5H3,(H2,34,43). The molecule has 0 heterocycles. The molecule has 44 heavy (non-hydrogen) atoms. The summed E-state index contributed by atoms with van der Waals surface area (Å²) >= 11 is 0. The number of hydrogen-bond acceptors (Lipinski definition) is 10. The van der Waals surface area contributed by atoms with Crippen LogP contribution >= 0.6 is 0 Å². The van der Waals surface area contributed by atoms with Gasteiger partial charge in [-0.1, -0.05) is 33.3 Å². The fourth-order valence-corrected chi connectivity index (χ4v) is 8.23. The van der Waals surface area contributed by atoms with Crippen LogP contribution in [-0.4, -0.2) is 92.3 Å². The number of nitrogens with zero attached hydrogens (tertiary/aromatic N) is 2. The predicted molar refractivity (Wildman–Crippen MR) is 163 cm³/mol. The van der Waals surface area contributed by atoms with Crippen molar-refractivity contribution in [1.29, 1.82) is 0 Å². The molecule has 6 unspecified atom stereocenters. The third-order valence-corrected chi connectivity index (χ3v) is 10.6. The highest BCUT2D eigenvalue weighted by Gasteiger charge is 2.67. The maximum atomic E-state index is 14.3. The first kappa shape index (κ1) is 32.0. The number of benzene rings is 1. The van der Waals surface area contributed by atoms with Gasteiger partial charge in [-0.2, -0.15) is 0 Å². The van der Waals surface area contributed by atoms with Crippen LogP contribution in [0.4, 0.5) is 5.69 Å². The van der Waals surface area contributed by atoms with Gasteiger partial charge in [0.2, 0.25) is 5.78 Å². The number of anilines is 1. The number of fused-ring (bicyclic) bond motifs is 3. The molecule has 1 fully saturated rings. The molecule has 7 N–H and O–H groups in total. The van der Waals surface area contributed by atoms with Gasteiger partial charge in [-0.25, -0.2) is 0 Å². The number of carbonyl (C=O) groups excluding carboxylic acids is 3. The van der Waals surface area contributed by atoms with Gasteiger partial charge in [0.15, 0.2) is 11.4 Å². The van der Waals surface area contributed by atoms with Gasteiger partial charge in [0.1, 0.15) is 22.8 Å². The van der Waals surface area contributed by atoms with Crippen molar-refractivity contribution in [3.63, 3.8) is 0 Å². The van der Waals surface area contributed by atoms with E-state index in [1.54, 1.807) is 13.0 Å². The van der Waals surface area contributed by atoms with Crippen LogP contribution in [-0.2, 0) is 9.59 Å². The van der Waals surface area contributed by atoms with E-state index in [1.165, 1.54) is 19.0 Å². The predicted octanol–water partition coefficient (Wildman–Crippen LogP) is 2.84. The van der Waals surface area contributed by atoms with Crippen LogP contribution in [0, 0.1) is 17.8 Å². The molecule has 0 saturated heterocycles. The smallest absolute Gasteiger partial charge is 0.255 e. The minimum atomic E-state index is -2.93. The molecule has 11 nitrogen and oxygen atoms in total. The lowest BCUT2D eigenvalue weighted by Crippen LogP contribution is -2.68. The number of unbranched alkanes of at least 4 members (excludes halogenated alkanes) is 1. The number of carbonyl (C=O) groups is 3. The molecule has 4 aliphatic carbocycles.